The Balaban J connectivity index is 1.36. The molecule has 6 nitrogen and oxygen atoms in total. The first-order valence-electron chi connectivity index (χ1n) is 11.1. The normalized spacial score (nSPS) is 33.8. The number of hydrogen-bond acceptors (Lipinski definition) is 6. The van der Waals surface area contributed by atoms with E-state index in [1.54, 1.807) is 23.9 Å². The average molecular weight is 477 g/mol. The summed E-state index contributed by atoms with van der Waals surface area (Å²) >= 11 is 2.85. The van der Waals surface area contributed by atoms with Gasteiger partial charge in [0, 0.05) is 21.6 Å². The van der Waals surface area contributed by atoms with E-state index in [4.69, 9.17) is 0 Å². The van der Waals surface area contributed by atoms with Crippen LogP contribution in [-0.2, 0) is 9.59 Å². The highest BCUT2D eigenvalue weighted by Gasteiger charge is 2.69. The van der Waals surface area contributed by atoms with E-state index >= 15 is 0 Å². The van der Waals surface area contributed by atoms with Crippen molar-refractivity contribution in [3.63, 3.8) is 0 Å². The van der Waals surface area contributed by atoms with Crippen molar-refractivity contribution in [3.05, 3.63) is 74.7 Å². The zero-order chi connectivity index (χ0) is 22.4. The van der Waals surface area contributed by atoms with Crippen LogP contribution < -0.4 is 9.77 Å². The summed E-state index contributed by atoms with van der Waals surface area (Å²) in [4.78, 5) is 44.6. The lowest BCUT2D eigenvalue weighted by Crippen LogP contribution is -2.42. The maximum absolute atomic E-state index is 13.6. The molecule has 7 atom stereocenters. The van der Waals surface area contributed by atoms with Crippen LogP contribution in [0.1, 0.15) is 22.8 Å². The number of phenolic OH excluding ortho intramolecular Hbond substituents is 1. The van der Waals surface area contributed by atoms with Crippen LogP contribution in [0.25, 0.3) is 0 Å². The standard InChI is InChI=1S/C25H20N2O4S2/c28-15-9-5-4-8-12(15)16-17-13-10-14(20(17)32-22-21(16)33-25(31)26-22)19-18(13)23(29)27(24(19)30)11-6-2-1-3-7-11/h1-9,13-14,16-20,28H,10H2,(H,26,31)/t13?,14?,16-,17?,18?,19?,20?/m1/s1. The van der Waals surface area contributed by atoms with Crippen molar-refractivity contribution in [1.29, 1.82) is 0 Å². The van der Waals surface area contributed by atoms with Crippen LogP contribution in [-0.4, -0.2) is 27.2 Å². The first-order valence-corrected chi connectivity index (χ1v) is 12.8. The number of anilines is 1. The molecule has 0 spiro atoms. The number of imide groups is 1. The minimum atomic E-state index is -0.338. The van der Waals surface area contributed by atoms with Gasteiger partial charge in [0.1, 0.15) is 5.75 Å². The molecule has 3 heterocycles. The first-order chi connectivity index (χ1) is 16.0. The van der Waals surface area contributed by atoms with E-state index in [9.17, 15) is 19.5 Å². The fraction of sp³-hybridized carbons (Fsp3) is 0.320. The van der Waals surface area contributed by atoms with Gasteiger partial charge in [0.25, 0.3) is 0 Å². The van der Waals surface area contributed by atoms with E-state index in [-0.39, 0.29) is 63.2 Å². The quantitative estimate of drug-likeness (QED) is 0.549. The lowest BCUT2D eigenvalue weighted by atomic mass is 9.68. The molecule has 1 aromatic heterocycles. The molecule has 2 aliphatic carbocycles. The highest BCUT2D eigenvalue weighted by Crippen LogP contribution is 2.69. The molecule has 2 amide bonds. The summed E-state index contributed by atoms with van der Waals surface area (Å²) < 4.78 is 0. The molecule has 2 bridgehead atoms. The molecule has 8 heteroatoms. The van der Waals surface area contributed by atoms with Gasteiger partial charge >= 0.3 is 4.87 Å². The number of nitrogens with one attached hydrogen (secondary N) is 1. The number of thiazole rings is 1. The third-order valence-corrected chi connectivity index (χ3v) is 10.6. The third-order valence-electron chi connectivity index (χ3n) is 8.01. The second-order valence-corrected chi connectivity index (χ2v) is 11.6. The van der Waals surface area contributed by atoms with Crippen molar-refractivity contribution in [2.45, 2.75) is 22.6 Å². The van der Waals surface area contributed by atoms with Gasteiger partial charge in [-0.1, -0.05) is 47.7 Å². The Labute approximate surface area is 197 Å². The lowest BCUT2D eigenvalue weighted by Gasteiger charge is -2.43. The summed E-state index contributed by atoms with van der Waals surface area (Å²) in [7, 11) is 0. The molecule has 166 valence electrons. The van der Waals surface area contributed by atoms with E-state index in [0.717, 1.165) is 21.9 Å². The zero-order valence-corrected chi connectivity index (χ0v) is 19.0. The summed E-state index contributed by atoms with van der Waals surface area (Å²) in [6.07, 6.45) is 0.834. The second kappa shape index (κ2) is 6.84. The number of nitrogens with zero attached hydrogens (tertiary/aromatic N) is 1. The number of benzene rings is 2. The van der Waals surface area contributed by atoms with E-state index in [2.05, 4.69) is 4.98 Å². The maximum Gasteiger partial charge on any atom is 0.305 e. The van der Waals surface area contributed by atoms with Crippen molar-refractivity contribution in [3.8, 4) is 5.75 Å². The summed E-state index contributed by atoms with van der Waals surface area (Å²) in [6.45, 7) is 0. The minimum Gasteiger partial charge on any atom is -0.508 e. The van der Waals surface area contributed by atoms with Crippen molar-refractivity contribution in [2.24, 2.45) is 29.6 Å². The molecule has 7 rings (SSSR count). The molecule has 33 heavy (non-hydrogen) atoms. The predicted molar refractivity (Wildman–Crippen MR) is 126 cm³/mol. The van der Waals surface area contributed by atoms with Crippen molar-refractivity contribution < 1.29 is 14.7 Å². The Bertz CT molecular complexity index is 1370. The molecular weight excluding hydrogens is 456 g/mol. The Morgan fingerprint density at radius 3 is 2.36 bits per heavy atom. The number of phenols is 1. The maximum atomic E-state index is 13.6. The number of hydrogen-bond donors (Lipinski definition) is 2. The number of thioether (sulfide) groups is 1. The number of fused-ring (bicyclic) bond motifs is 9. The number of aromatic amines is 1. The average Bonchev–Trinajstić information content (AvgIpc) is 3.54. The van der Waals surface area contributed by atoms with Crippen LogP contribution in [0.15, 0.2) is 64.4 Å². The van der Waals surface area contributed by atoms with Gasteiger partial charge in [-0.3, -0.25) is 19.3 Å². The summed E-state index contributed by atoms with van der Waals surface area (Å²) in [6, 6.07) is 16.5. The van der Waals surface area contributed by atoms with E-state index in [0.29, 0.717) is 5.69 Å². The van der Waals surface area contributed by atoms with Crippen LogP contribution in [0, 0.1) is 29.6 Å². The van der Waals surface area contributed by atoms with Gasteiger partial charge in [-0.25, -0.2) is 0 Å². The highest BCUT2D eigenvalue weighted by molar-refractivity contribution is 8.00. The van der Waals surface area contributed by atoms with E-state index < -0.39 is 0 Å². The SMILES string of the molecule is O=C1C2C3CC(C2C(=O)N1c1ccccc1)C1C3Sc2[nH]c(=O)sc2[C@@H]1c1ccccc1O. The number of carbonyl (C=O) groups is 2. The van der Waals surface area contributed by atoms with Crippen molar-refractivity contribution in [2.75, 3.05) is 4.90 Å². The molecule has 1 saturated heterocycles. The minimum absolute atomic E-state index is 0.0395. The largest absolute Gasteiger partial charge is 0.508 e. The Morgan fingerprint density at radius 1 is 0.909 bits per heavy atom. The second-order valence-electron chi connectivity index (χ2n) is 9.37. The number of amides is 2. The molecule has 2 saturated carbocycles. The molecule has 0 radical (unpaired) electrons. The predicted octanol–water partition coefficient (Wildman–Crippen LogP) is 3.82. The van der Waals surface area contributed by atoms with Gasteiger partial charge in [-0.2, -0.15) is 0 Å². The van der Waals surface area contributed by atoms with E-state index in [1.807, 2.05) is 42.5 Å². The van der Waals surface area contributed by atoms with Crippen LogP contribution in [0.5, 0.6) is 5.75 Å². The Kier molecular flexibility index (Phi) is 4.06. The first kappa shape index (κ1) is 19.6. The monoisotopic (exact) mass is 476 g/mol. The number of aromatic nitrogens is 1. The number of H-pyrrole nitrogens is 1. The highest BCUT2D eigenvalue weighted by atomic mass is 32.2. The Morgan fingerprint density at radius 2 is 1.61 bits per heavy atom. The number of para-hydroxylation sites is 2. The van der Waals surface area contributed by atoms with E-state index in [1.165, 1.54) is 16.2 Å². The van der Waals surface area contributed by atoms with Gasteiger partial charge in [-0.15, -0.1) is 11.8 Å². The zero-order valence-electron chi connectivity index (χ0n) is 17.4. The van der Waals surface area contributed by atoms with Gasteiger partial charge in [0.2, 0.25) is 11.8 Å². The fourth-order valence-electron chi connectivity index (χ4n) is 6.95. The number of rotatable bonds is 2. The smallest absolute Gasteiger partial charge is 0.305 e. The third kappa shape index (κ3) is 2.53. The van der Waals surface area contributed by atoms with Crippen LogP contribution in [0.2, 0.25) is 0 Å². The fourth-order valence-corrected chi connectivity index (χ4v) is 9.83. The van der Waals surface area contributed by atoms with Crippen LogP contribution in [0.4, 0.5) is 5.69 Å². The van der Waals surface area contributed by atoms with Crippen molar-refractivity contribution >= 4 is 40.6 Å². The molecule has 3 fully saturated rings. The molecular formula is C25H20N2O4S2. The topological polar surface area (TPSA) is 90.5 Å². The van der Waals surface area contributed by atoms with Gasteiger partial charge in [0.15, 0.2) is 0 Å². The van der Waals surface area contributed by atoms with Crippen molar-refractivity contribution in [1.82, 2.24) is 4.98 Å². The summed E-state index contributed by atoms with van der Waals surface area (Å²) in [5.74, 6) is -0.602. The summed E-state index contributed by atoms with van der Waals surface area (Å²) in [5, 5.41) is 11.7. The van der Waals surface area contributed by atoms with Gasteiger partial charge in [-0.05, 0) is 42.4 Å². The lowest BCUT2D eigenvalue weighted by molar-refractivity contribution is -0.123. The molecule has 4 aliphatic rings. The number of aromatic hydroxyl groups is 1. The van der Waals surface area contributed by atoms with Gasteiger partial charge < -0.3 is 10.1 Å². The Hall–Kier alpha value is -2.84. The van der Waals surface area contributed by atoms with Crippen LogP contribution in [0.3, 0.4) is 0 Å². The molecule has 2 N–H and O–H groups in total. The number of carbonyl (C=O) groups excluding carboxylic acids is 2. The molecule has 2 aromatic carbocycles. The van der Waals surface area contributed by atoms with Gasteiger partial charge in [0.05, 0.1) is 22.5 Å². The molecule has 3 aromatic rings. The van der Waals surface area contributed by atoms with Crippen LogP contribution >= 0.6 is 23.1 Å². The molecule has 6 unspecified atom stereocenters. The summed E-state index contributed by atoms with van der Waals surface area (Å²) in [5.41, 5.74) is 1.43. The molecule has 2 aliphatic heterocycles.